The Morgan fingerprint density at radius 3 is 2.82 bits per heavy atom. The fourth-order valence-electron chi connectivity index (χ4n) is 1.62. The third-order valence-corrected chi connectivity index (χ3v) is 4.19. The predicted molar refractivity (Wildman–Crippen MR) is 73.9 cm³/mol. The van der Waals surface area contributed by atoms with Crippen LogP contribution in [0.2, 0.25) is 0 Å². The average molecular weight is 273 g/mol. The number of amides is 1. The van der Waals surface area contributed by atoms with E-state index in [2.05, 4.69) is 19.2 Å². The van der Waals surface area contributed by atoms with Crippen LogP contribution in [0.4, 0.5) is 0 Å². The maximum absolute atomic E-state index is 12.0. The SMILES string of the molecule is CSc1ccsc1C(=O)NC(CO)CC(C)C. The molecule has 0 spiro atoms. The summed E-state index contributed by atoms with van der Waals surface area (Å²) in [5.41, 5.74) is 0. The minimum atomic E-state index is -0.153. The number of thioether (sulfide) groups is 1. The second kappa shape index (κ2) is 7.03. The molecule has 1 rings (SSSR count). The summed E-state index contributed by atoms with van der Waals surface area (Å²) in [5.74, 6) is 0.375. The van der Waals surface area contributed by atoms with Crippen LogP contribution in [0.1, 0.15) is 29.9 Å². The third-order valence-electron chi connectivity index (χ3n) is 2.37. The zero-order valence-electron chi connectivity index (χ0n) is 10.4. The number of hydrogen-bond donors (Lipinski definition) is 2. The Balaban J connectivity index is 2.64. The van der Waals surface area contributed by atoms with Crippen molar-refractivity contribution in [3.8, 4) is 0 Å². The first-order chi connectivity index (χ1) is 8.08. The van der Waals surface area contributed by atoms with E-state index in [4.69, 9.17) is 0 Å². The normalized spacial score (nSPS) is 12.8. The third kappa shape index (κ3) is 4.33. The number of aliphatic hydroxyl groups is 1. The molecule has 17 heavy (non-hydrogen) atoms. The number of thiophene rings is 1. The highest BCUT2D eigenvalue weighted by molar-refractivity contribution is 7.98. The summed E-state index contributed by atoms with van der Waals surface area (Å²) in [6.45, 7) is 4.14. The monoisotopic (exact) mass is 273 g/mol. The van der Waals surface area contributed by atoms with Crippen LogP contribution in [0.5, 0.6) is 0 Å². The Kier molecular flexibility index (Phi) is 6.02. The van der Waals surface area contributed by atoms with Crippen LogP contribution in [-0.4, -0.2) is 29.9 Å². The molecule has 0 aliphatic heterocycles. The summed E-state index contributed by atoms with van der Waals surface area (Å²) in [6.07, 6.45) is 2.75. The van der Waals surface area contributed by atoms with Gasteiger partial charge < -0.3 is 10.4 Å². The largest absolute Gasteiger partial charge is 0.394 e. The van der Waals surface area contributed by atoms with Crippen molar-refractivity contribution in [1.82, 2.24) is 5.32 Å². The Labute approximate surface area is 111 Å². The van der Waals surface area contributed by atoms with Gasteiger partial charge in [-0.05, 0) is 30.0 Å². The first-order valence-electron chi connectivity index (χ1n) is 5.61. The smallest absolute Gasteiger partial charge is 0.262 e. The molecule has 1 unspecified atom stereocenters. The highest BCUT2D eigenvalue weighted by Gasteiger charge is 2.17. The maximum Gasteiger partial charge on any atom is 0.262 e. The lowest BCUT2D eigenvalue weighted by Crippen LogP contribution is -2.38. The summed E-state index contributed by atoms with van der Waals surface area (Å²) < 4.78 is 0. The molecule has 0 bridgehead atoms. The molecule has 0 radical (unpaired) electrons. The van der Waals surface area contributed by atoms with E-state index in [0.717, 1.165) is 16.2 Å². The quantitative estimate of drug-likeness (QED) is 0.783. The molecule has 1 aromatic rings. The van der Waals surface area contributed by atoms with Gasteiger partial charge in [0.2, 0.25) is 0 Å². The number of rotatable bonds is 6. The van der Waals surface area contributed by atoms with E-state index in [1.807, 2.05) is 17.7 Å². The van der Waals surface area contributed by atoms with Crippen LogP contribution in [0.25, 0.3) is 0 Å². The molecule has 0 aliphatic carbocycles. The molecule has 1 heterocycles. The molecule has 0 aliphatic rings. The molecule has 0 saturated heterocycles. The molecule has 0 fully saturated rings. The molecule has 0 saturated carbocycles. The predicted octanol–water partition coefficient (Wildman–Crippen LogP) is 2.61. The Morgan fingerprint density at radius 2 is 2.29 bits per heavy atom. The highest BCUT2D eigenvalue weighted by atomic mass is 32.2. The molecule has 1 aromatic heterocycles. The van der Waals surface area contributed by atoms with Gasteiger partial charge in [0.1, 0.15) is 4.88 Å². The zero-order valence-corrected chi connectivity index (χ0v) is 12.0. The molecule has 96 valence electrons. The van der Waals surface area contributed by atoms with Crippen LogP contribution in [0.3, 0.4) is 0 Å². The molecular formula is C12H19NO2S2. The lowest BCUT2D eigenvalue weighted by molar-refractivity contribution is 0.0910. The average Bonchev–Trinajstić information content (AvgIpc) is 2.75. The van der Waals surface area contributed by atoms with Crippen molar-refractivity contribution in [2.75, 3.05) is 12.9 Å². The van der Waals surface area contributed by atoms with E-state index < -0.39 is 0 Å². The number of nitrogens with one attached hydrogen (secondary N) is 1. The van der Waals surface area contributed by atoms with E-state index in [0.29, 0.717) is 5.92 Å². The summed E-state index contributed by atoms with van der Waals surface area (Å²) >= 11 is 3.01. The van der Waals surface area contributed by atoms with E-state index in [1.165, 1.54) is 11.3 Å². The van der Waals surface area contributed by atoms with Crippen molar-refractivity contribution in [1.29, 1.82) is 0 Å². The van der Waals surface area contributed by atoms with E-state index >= 15 is 0 Å². The van der Waals surface area contributed by atoms with Gasteiger partial charge in [-0.2, -0.15) is 0 Å². The molecule has 0 aromatic carbocycles. The Hall–Kier alpha value is -0.520. The molecular weight excluding hydrogens is 254 g/mol. The number of aliphatic hydroxyl groups excluding tert-OH is 1. The molecule has 2 N–H and O–H groups in total. The summed E-state index contributed by atoms with van der Waals surface area (Å²) in [6, 6.07) is 1.79. The standard InChI is InChI=1S/C12H19NO2S2/c1-8(2)6-9(7-14)13-12(15)11-10(16-3)4-5-17-11/h4-5,8-9,14H,6-7H2,1-3H3,(H,13,15). The second-order valence-corrected chi connectivity index (χ2v) is 6.06. The van der Waals surface area contributed by atoms with Gasteiger partial charge >= 0.3 is 0 Å². The topological polar surface area (TPSA) is 49.3 Å². The highest BCUT2D eigenvalue weighted by Crippen LogP contribution is 2.25. The van der Waals surface area contributed by atoms with Gasteiger partial charge in [-0.25, -0.2) is 0 Å². The first-order valence-corrected chi connectivity index (χ1v) is 7.72. The lowest BCUT2D eigenvalue weighted by Gasteiger charge is -2.18. The summed E-state index contributed by atoms with van der Waals surface area (Å²) in [4.78, 5) is 13.7. The molecule has 3 nitrogen and oxygen atoms in total. The fraction of sp³-hybridized carbons (Fsp3) is 0.583. The second-order valence-electron chi connectivity index (χ2n) is 4.30. The number of hydrogen-bond acceptors (Lipinski definition) is 4. The van der Waals surface area contributed by atoms with Crippen LogP contribution in [0, 0.1) is 5.92 Å². The van der Waals surface area contributed by atoms with Gasteiger partial charge in [0.25, 0.3) is 5.91 Å². The minimum absolute atomic E-state index is 0.0100. The fourth-order valence-corrected chi connectivity index (χ4v) is 3.28. The molecule has 1 amide bonds. The summed E-state index contributed by atoms with van der Waals surface area (Å²) in [7, 11) is 0. The van der Waals surface area contributed by atoms with Crippen molar-refractivity contribution >= 4 is 29.0 Å². The minimum Gasteiger partial charge on any atom is -0.394 e. The van der Waals surface area contributed by atoms with Gasteiger partial charge in [0.05, 0.1) is 12.6 Å². The van der Waals surface area contributed by atoms with E-state index in [1.54, 1.807) is 11.8 Å². The van der Waals surface area contributed by atoms with Crippen molar-refractivity contribution in [3.05, 3.63) is 16.3 Å². The first kappa shape index (κ1) is 14.5. The van der Waals surface area contributed by atoms with Crippen molar-refractivity contribution in [2.24, 2.45) is 5.92 Å². The molecule has 1 atom stereocenters. The lowest BCUT2D eigenvalue weighted by atomic mass is 10.0. The Morgan fingerprint density at radius 1 is 1.59 bits per heavy atom. The van der Waals surface area contributed by atoms with Crippen LogP contribution >= 0.6 is 23.1 Å². The van der Waals surface area contributed by atoms with Crippen LogP contribution < -0.4 is 5.32 Å². The molecule has 5 heteroatoms. The van der Waals surface area contributed by atoms with Crippen LogP contribution in [-0.2, 0) is 0 Å². The number of carbonyl (C=O) groups excluding carboxylic acids is 1. The van der Waals surface area contributed by atoms with E-state index in [9.17, 15) is 9.90 Å². The van der Waals surface area contributed by atoms with Crippen LogP contribution in [0.15, 0.2) is 16.3 Å². The van der Waals surface area contributed by atoms with Gasteiger partial charge in [0.15, 0.2) is 0 Å². The van der Waals surface area contributed by atoms with Crippen molar-refractivity contribution in [3.63, 3.8) is 0 Å². The Bertz CT molecular complexity index is 363. The zero-order chi connectivity index (χ0) is 12.8. The van der Waals surface area contributed by atoms with Crippen molar-refractivity contribution < 1.29 is 9.90 Å². The maximum atomic E-state index is 12.0. The van der Waals surface area contributed by atoms with Crippen molar-refractivity contribution in [2.45, 2.75) is 31.2 Å². The van der Waals surface area contributed by atoms with Gasteiger partial charge in [0, 0.05) is 4.90 Å². The van der Waals surface area contributed by atoms with Gasteiger partial charge in [-0.15, -0.1) is 23.1 Å². The number of carbonyl (C=O) groups is 1. The van der Waals surface area contributed by atoms with Gasteiger partial charge in [-0.1, -0.05) is 13.8 Å². The van der Waals surface area contributed by atoms with Gasteiger partial charge in [-0.3, -0.25) is 4.79 Å². The summed E-state index contributed by atoms with van der Waals surface area (Å²) in [5, 5.41) is 14.0. The van der Waals surface area contributed by atoms with E-state index in [-0.39, 0.29) is 18.6 Å².